The number of hydrogen-bond acceptors (Lipinski definition) is 7. The molecule has 1 aliphatic heterocycles. The molecule has 3 heterocycles. The summed E-state index contributed by atoms with van der Waals surface area (Å²) in [5.74, 6) is 0.305. The van der Waals surface area contributed by atoms with Gasteiger partial charge in [0.05, 0.1) is 43.3 Å². The van der Waals surface area contributed by atoms with E-state index in [-0.39, 0.29) is 23.2 Å². The number of aromatic nitrogens is 4. The van der Waals surface area contributed by atoms with Crippen LogP contribution >= 0.6 is 0 Å². The van der Waals surface area contributed by atoms with Gasteiger partial charge in [0.2, 0.25) is 11.8 Å². The van der Waals surface area contributed by atoms with Gasteiger partial charge < -0.3 is 19.9 Å². The zero-order valence-electron chi connectivity index (χ0n) is 18.2. The molecule has 5 rings (SSSR count). The van der Waals surface area contributed by atoms with Crippen LogP contribution in [0.15, 0.2) is 60.1 Å². The van der Waals surface area contributed by atoms with Crippen LogP contribution in [0.4, 0.5) is 4.39 Å². The summed E-state index contributed by atoms with van der Waals surface area (Å²) < 4.78 is 30.0. The number of benzene rings is 2. The third kappa shape index (κ3) is 3.31. The van der Waals surface area contributed by atoms with Crippen LogP contribution in [0.2, 0.25) is 0 Å². The lowest BCUT2D eigenvalue weighted by Crippen LogP contribution is -2.21. The number of H-pyrrole nitrogens is 2. The van der Waals surface area contributed by atoms with Crippen LogP contribution in [0.1, 0.15) is 17.0 Å². The van der Waals surface area contributed by atoms with Gasteiger partial charge in [0, 0.05) is 16.7 Å². The third-order valence-electron chi connectivity index (χ3n) is 5.72. The molecule has 0 spiro atoms. The highest BCUT2D eigenvalue weighted by Crippen LogP contribution is 2.48. The van der Waals surface area contributed by atoms with Gasteiger partial charge in [0.15, 0.2) is 11.5 Å². The number of nitriles is 1. The molecule has 0 aliphatic carbocycles. The van der Waals surface area contributed by atoms with Crippen LogP contribution in [0, 0.1) is 17.1 Å². The smallest absolute Gasteiger partial charge is 0.244 e. The molecule has 170 valence electrons. The molecule has 10 heteroatoms. The van der Waals surface area contributed by atoms with E-state index in [0.29, 0.717) is 39.6 Å². The van der Waals surface area contributed by atoms with Crippen molar-refractivity contribution in [3.05, 3.63) is 77.1 Å². The zero-order valence-corrected chi connectivity index (χ0v) is 18.2. The van der Waals surface area contributed by atoms with E-state index in [2.05, 4.69) is 26.5 Å². The van der Waals surface area contributed by atoms with Gasteiger partial charge in [-0.05, 0) is 42.5 Å². The maximum Gasteiger partial charge on any atom is 0.244 e. The van der Waals surface area contributed by atoms with Crippen molar-refractivity contribution in [2.24, 2.45) is 5.73 Å². The molecule has 0 amide bonds. The molecule has 0 saturated carbocycles. The summed E-state index contributed by atoms with van der Waals surface area (Å²) in [6.07, 6.45) is 1.62. The van der Waals surface area contributed by atoms with Gasteiger partial charge in [-0.2, -0.15) is 10.4 Å². The Hall–Kier alpha value is -4.78. The molecule has 2 aromatic heterocycles. The Kier molecular flexibility index (Phi) is 5.14. The SMILES string of the molecule is COc1ccc(-c2[nH]nc3c2[C@@H](c2cn[nH]c2-c2ccc(F)cc2)C(C#N)=C(N)O3)cc1OC. The van der Waals surface area contributed by atoms with Crippen LogP contribution < -0.4 is 19.9 Å². The van der Waals surface area contributed by atoms with Crippen molar-refractivity contribution in [1.29, 1.82) is 5.26 Å². The van der Waals surface area contributed by atoms with Gasteiger partial charge in [0.1, 0.15) is 17.5 Å². The molecule has 1 atom stereocenters. The second kappa shape index (κ2) is 8.29. The van der Waals surface area contributed by atoms with Gasteiger partial charge in [0.25, 0.3) is 0 Å². The monoisotopic (exact) mass is 458 g/mol. The minimum Gasteiger partial charge on any atom is -0.493 e. The molecular formula is C24H19FN6O3. The molecular weight excluding hydrogens is 439 g/mol. The van der Waals surface area contributed by atoms with Gasteiger partial charge in [-0.25, -0.2) is 4.39 Å². The van der Waals surface area contributed by atoms with Gasteiger partial charge in [-0.3, -0.25) is 10.2 Å². The lowest BCUT2D eigenvalue weighted by Gasteiger charge is -2.24. The number of aromatic amines is 2. The van der Waals surface area contributed by atoms with Crippen LogP contribution in [0.3, 0.4) is 0 Å². The van der Waals surface area contributed by atoms with Crippen molar-refractivity contribution in [2.75, 3.05) is 14.2 Å². The Morgan fingerprint density at radius 3 is 2.47 bits per heavy atom. The number of methoxy groups -OCH3 is 2. The lowest BCUT2D eigenvalue weighted by molar-refractivity contribution is 0.355. The van der Waals surface area contributed by atoms with E-state index in [4.69, 9.17) is 19.9 Å². The van der Waals surface area contributed by atoms with Crippen molar-refractivity contribution in [3.8, 4) is 46.0 Å². The number of rotatable bonds is 5. The highest BCUT2D eigenvalue weighted by molar-refractivity contribution is 5.75. The largest absolute Gasteiger partial charge is 0.493 e. The normalized spacial score (nSPS) is 14.8. The first-order chi connectivity index (χ1) is 16.5. The molecule has 4 N–H and O–H groups in total. The van der Waals surface area contributed by atoms with Crippen LogP contribution in [0.25, 0.3) is 22.5 Å². The standard InChI is InChI=1S/C24H19FN6O3/c1-32-17-8-5-13(9-18(17)33-2)22-20-19(15(10-26)23(27)34-24(20)31-30-22)16-11-28-29-21(16)12-3-6-14(25)7-4-12/h3-9,11,19H,27H2,1-2H3,(H,28,29)(H,30,31)/t19-/m1/s1. The van der Waals surface area contributed by atoms with Crippen LogP contribution in [-0.2, 0) is 0 Å². The molecule has 0 saturated heterocycles. The summed E-state index contributed by atoms with van der Waals surface area (Å²) in [6.45, 7) is 0. The maximum absolute atomic E-state index is 13.5. The summed E-state index contributed by atoms with van der Waals surface area (Å²) in [7, 11) is 3.11. The fourth-order valence-electron chi connectivity index (χ4n) is 4.13. The first-order valence-electron chi connectivity index (χ1n) is 10.2. The predicted molar refractivity (Wildman–Crippen MR) is 120 cm³/mol. The van der Waals surface area contributed by atoms with E-state index in [9.17, 15) is 9.65 Å². The van der Waals surface area contributed by atoms with Crippen molar-refractivity contribution in [3.63, 3.8) is 0 Å². The van der Waals surface area contributed by atoms with Crippen LogP contribution in [0.5, 0.6) is 17.4 Å². The number of nitrogens with zero attached hydrogens (tertiary/aromatic N) is 3. The zero-order chi connectivity index (χ0) is 23.8. The van der Waals surface area contributed by atoms with Gasteiger partial charge in [-0.15, -0.1) is 5.10 Å². The fourth-order valence-corrected chi connectivity index (χ4v) is 4.13. The number of hydrogen-bond donors (Lipinski definition) is 3. The Morgan fingerprint density at radius 1 is 1.03 bits per heavy atom. The Labute approximate surface area is 193 Å². The maximum atomic E-state index is 13.5. The lowest BCUT2D eigenvalue weighted by atomic mass is 9.82. The second-order valence-corrected chi connectivity index (χ2v) is 7.52. The van der Waals surface area contributed by atoms with Crippen molar-refractivity contribution < 1.29 is 18.6 Å². The van der Waals surface area contributed by atoms with E-state index in [1.165, 1.54) is 12.1 Å². The van der Waals surface area contributed by atoms with Crippen molar-refractivity contribution in [2.45, 2.75) is 5.92 Å². The first kappa shape index (κ1) is 21.1. The van der Waals surface area contributed by atoms with E-state index < -0.39 is 5.92 Å². The molecule has 1 aliphatic rings. The average Bonchev–Trinajstić information content (AvgIpc) is 3.50. The average molecular weight is 458 g/mol. The summed E-state index contributed by atoms with van der Waals surface area (Å²) in [5.41, 5.74) is 10.3. The molecule has 0 unspecified atom stereocenters. The molecule has 0 radical (unpaired) electrons. The van der Waals surface area contributed by atoms with E-state index in [1.54, 1.807) is 44.7 Å². The fraction of sp³-hybridized carbons (Fsp3) is 0.125. The Balaban J connectivity index is 1.71. The first-order valence-corrected chi connectivity index (χ1v) is 10.2. The highest BCUT2D eigenvalue weighted by atomic mass is 19.1. The summed E-state index contributed by atoms with van der Waals surface area (Å²) in [4.78, 5) is 0. The Morgan fingerprint density at radius 2 is 1.76 bits per heavy atom. The number of nitrogens with two attached hydrogens (primary N) is 1. The number of fused-ring (bicyclic) bond motifs is 1. The van der Waals surface area contributed by atoms with Crippen molar-refractivity contribution >= 4 is 0 Å². The molecule has 2 aromatic carbocycles. The topological polar surface area (TPSA) is 135 Å². The van der Waals surface area contributed by atoms with E-state index >= 15 is 0 Å². The summed E-state index contributed by atoms with van der Waals surface area (Å²) in [5, 5.41) is 24.5. The predicted octanol–water partition coefficient (Wildman–Crippen LogP) is 3.84. The number of nitrogens with one attached hydrogen (secondary N) is 2. The molecule has 4 aromatic rings. The number of allylic oxidation sites excluding steroid dienone is 1. The molecule has 0 fully saturated rings. The molecule has 9 nitrogen and oxygen atoms in total. The van der Waals surface area contributed by atoms with Gasteiger partial charge in [-0.1, -0.05) is 0 Å². The number of halogens is 1. The minimum absolute atomic E-state index is 0.0448. The summed E-state index contributed by atoms with van der Waals surface area (Å²) in [6, 6.07) is 13.6. The highest BCUT2D eigenvalue weighted by Gasteiger charge is 2.37. The number of ether oxygens (including phenoxy) is 3. The molecule has 34 heavy (non-hydrogen) atoms. The minimum atomic E-state index is -0.644. The quantitative estimate of drug-likeness (QED) is 0.413. The van der Waals surface area contributed by atoms with Crippen LogP contribution in [-0.4, -0.2) is 34.6 Å². The van der Waals surface area contributed by atoms with E-state index in [0.717, 1.165) is 5.56 Å². The van der Waals surface area contributed by atoms with Gasteiger partial charge >= 0.3 is 0 Å². The van der Waals surface area contributed by atoms with E-state index in [1.807, 2.05) is 6.07 Å². The molecule has 0 bridgehead atoms. The summed E-state index contributed by atoms with van der Waals surface area (Å²) >= 11 is 0. The second-order valence-electron chi connectivity index (χ2n) is 7.52. The third-order valence-corrected chi connectivity index (χ3v) is 5.72. The van der Waals surface area contributed by atoms with Crippen molar-refractivity contribution in [1.82, 2.24) is 20.4 Å². The Bertz CT molecular complexity index is 1450.